The van der Waals surface area contributed by atoms with Crippen molar-refractivity contribution in [2.45, 2.75) is 28.7 Å². The fourth-order valence-electron chi connectivity index (χ4n) is 2.00. The van der Waals surface area contributed by atoms with Gasteiger partial charge < -0.3 is 18.9 Å². The Hall–Kier alpha value is -1.33. The molecule has 1 aliphatic heterocycles. The molecule has 1 fully saturated rings. The van der Waals surface area contributed by atoms with Gasteiger partial charge in [0.2, 0.25) is 0 Å². The van der Waals surface area contributed by atoms with Crippen LogP contribution in [0.15, 0.2) is 34.1 Å². The number of carbonyl (C=O) groups excluding carboxylic acids is 1. The second-order valence-electron chi connectivity index (χ2n) is 4.77. The van der Waals surface area contributed by atoms with E-state index < -0.39 is 27.4 Å². The molecule has 0 aromatic heterocycles. The zero-order valence-electron chi connectivity index (χ0n) is 12.4. The Morgan fingerprint density at radius 1 is 1.35 bits per heavy atom. The standard InChI is InChI=1S/C13H17NO7S2/c1-22(16)11-4-2-3-5-12(11)23(17,18)14-21-13(15)20-10-6-8-19-9-7-10/h2-5,10,14H,6-9H2,1H3. The van der Waals surface area contributed by atoms with Gasteiger partial charge >= 0.3 is 6.16 Å². The molecule has 23 heavy (non-hydrogen) atoms. The fraction of sp³-hybridized carbons (Fsp3) is 0.462. The summed E-state index contributed by atoms with van der Waals surface area (Å²) < 4.78 is 46.0. The van der Waals surface area contributed by atoms with Crippen LogP contribution >= 0.6 is 0 Å². The molecule has 0 radical (unpaired) electrons. The van der Waals surface area contributed by atoms with Gasteiger partial charge in [-0.25, -0.2) is 13.2 Å². The van der Waals surface area contributed by atoms with E-state index in [9.17, 15) is 17.8 Å². The summed E-state index contributed by atoms with van der Waals surface area (Å²) in [6.07, 6.45) is 0.903. The number of ether oxygens (including phenoxy) is 2. The van der Waals surface area contributed by atoms with Crippen molar-refractivity contribution >= 4 is 27.4 Å². The second-order valence-corrected chi connectivity index (χ2v) is 7.73. The van der Waals surface area contributed by atoms with Crippen LogP contribution in [0.4, 0.5) is 4.79 Å². The number of hydrogen-bond acceptors (Lipinski definition) is 7. The zero-order chi connectivity index (χ0) is 16.9. The van der Waals surface area contributed by atoms with Crippen molar-refractivity contribution in [3.8, 4) is 0 Å². The number of hydrogen-bond donors (Lipinski definition) is 1. The first kappa shape index (κ1) is 18.0. The monoisotopic (exact) mass is 363 g/mol. The summed E-state index contributed by atoms with van der Waals surface area (Å²) in [6, 6.07) is 5.73. The first-order chi connectivity index (χ1) is 10.9. The van der Waals surface area contributed by atoms with Crippen molar-refractivity contribution < 1.29 is 32.1 Å². The maximum absolute atomic E-state index is 12.2. The molecule has 1 aromatic rings. The van der Waals surface area contributed by atoms with Gasteiger partial charge in [0, 0.05) is 12.8 Å². The fourth-order valence-corrected chi connectivity index (χ4v) is 4.16. The van der Waals surface area contributed by atoms with Crippen molar-refractivity contribution in [1.29, 1.82) is 0 Å². The molecule has 0 bridgehead atoms. The molecule has 2 rings (SSSR count). The van der Waals surface area contributed by atoms with E-state index in [0.29, 0.717) is 26.1 Å². The van der Waals surface area contributed by atoms with Crippen molar-refractivity contribution in [3.63, 3.8) is 0 Å². The van der Waals surface area contributed by atoms with Crippen LogP contribution in [-0.2, 0) is 35.5 Å². The zero-order valence-corrected chi connectivity index (χ0v) is 14.0. The summed E-state index contributed by atoms with van der Waals surface area (Å²) in [5.41, 5.74) is 0. The van der Waals surface area contributed by atoms with E-state index in [1.165, 1.54) is 24.5 Å². The van der Waals surface area contributed by atoms with E-state index in [4.69, 9.17) is 9.47 Å². The third-order valence-corrected chi connectivity index (χ3v) is 5.46. The number of carbonyl (C=O) groups is 1. The summed E-state index contributed by atoms with van der Waals surface area (Å²) in [5, 5.41) is 0. The molecule has 1 saturated heterocycles. The molecule has 10 heteroatoms. The highest BCUT2D eigenvalue weighted by molar-refractivity contribution is 7.93. The minimum Gasteiger partial charge on any atom is -0.612 e. The Bertz CT molecular complexity index is 641. The van der Waals surface area contributed by atoms with Crippen LogP contribution in [0, 0.1) is 0 Å². The lowest BCUT2D eigenvalue weighted by Gasteiger charge is -2.21. The third kappa shape index (κ3) is 5.08. The van der Waals surface area contributed by atoms with Crippen LogP contribution in [0.2, 0.25) is 0 Å². The minimum absolute atomic E-state index is 0.112. The average Bonchev–Trinajstić information content (AvgIpc) is 2.54. The maximum atomic E-state index is 12.2. The smallest absolute Gasteiger partial charge is 0.528 e. The summed E-state index contributed by atoms with van der Waals surface area (Å²) in [4.78, 5) is 17.6. The molecule has 128 valence electrons. The van der Waals surface area contributed by atoms with Gasteiger partial charge in [-0.2, -0.15) is 0 Å². The van der Waals surface area contributed by atoms with Gasteiger partial charge in [-0.3, -0.25) is 0 Å². The predicted molar refractivity (Wildman–Crippen MR) is 80.5 cm³/mol. The van der Waals surface area contributed by atoms with Gasteiger partial charge in [0.05, 0.1) is 13.2 Å². The van der Waals surface area contributed by atoms with Crippen molar-refractivity contribution in [1.82, 2.24) is 4.89 Å². The molecular formula is C13H17NO7S2. The van der Waals surface area contributed by atoms with E-state index in [-0.39, 0.29) is 15.9 Å². The number of benzene rings is 1. The molecule has 1 atom stereocenters. The van der Waals surface area contributed by atoms with Crippen LogP contribution in [-0.4, -0.2) is 44.7 Å². The van der Waals surface area contributed by atoms with E-state index in [1.54, 1.807) is 11.0 Å². The molecular weight excluding hydrogens is 346 g/mol. The molecule has 0 saturated carbocycles. The highest BCUT2D eigenvalue weighted by atomic mass is 32.2. The summed E-state index contributed by atoms with van der Waals surface area (Å²) in [6.45, 7) is 0.943. The highest BCUT2D eigenvalue weighted by Crippen LogP contribution is 2.20. The van der Waals surface area contributed by atoms with Gasteiger partial charge in [-0.15, -0.1) is 0 Å². The number of nitrogens with one attached hydrogen (secondary N) is 1. The molecule has 1 heterocycles. The van der Waals surface area contributed by atoms with Gasteiger partial charge in [0.1, 0.15) is 17.3 Å². The molecule has 0 aliphatic carbocycles. The Morgan fingerprint density at radius 3 is 2.65 bits per heavy atom. The molecule has 0 amide bonds. The van der Waals surface area contributed by atoms with Crippen LogP contribution < -0.4 is 4.89 Å². The maximum Gasteiger partial charge on any atom is 0.528 e. The first-order valence-electron chi connectivity index (χ1n) is 6.79. The molecule has 8 nitrogen and oxygen atoms in total. The topological polar surface area (TPSA) is 114 Å². The first-order valence-corrected chi connectivity index (χ1v) is 9.84. The van der Waals surface area contributed by atoms with Gasteiger partial charge in [0.15, 0.2) is 4.90 Å². The van der Waals surface area contributed by atoms with Crippen molar-refractivity contribution in [2.75, 3.05) is 19.5 Å². The highest BCUT2D eigenvalue weighted by Gasteiger charge is 2.26. The van der Waals surface area contributed by atoms with Gasteiger partial charge in [-0.05, 0) is 28.2 Å². The lowest BCUT2D eigenvalue weighted by atomic mass is 10.2. The number of rotatable bonds is 5. The molecule has 1 aromatic carbocycles. The Morgan fingerprint density at radius 2 is 2.00 bits per heavy atom. The quantitative estimate of drug-likeness (QED) is 0.470. The normalized spacial score (nSPS) is 17.5. The molecule has 0 spiro atoms. The van der Waals surface area contributed by atoms with E-state index in [2.05, 4.69) is 4.84 Å². The van der Waals surface area contributed by atoms with Gasteiger partial charge in [-0.1, -0.05) is 12.1 Å². The Kier molecular flexibility index (Phi) is 6.25. The Balaban J connectivity index is 1.97. The molecule has 1 unspecified atom stereocenters. The predicted octanol–water partition coefficient (Wildman–Crippen LogP) is 0.950. The van der Waals surface area contributed by atoms with Crippen molar-refractivity contribution in [3.05, 3.63) is 24.3 Å². The summed E-state index contributed by atoms with van der Waals surface area (Å²) in [5.74, 6) is 0. The average molecular weight is 363 g/mol. The summed E-state index contributed by atoms with van der Waals surface area (Å²) in [7, 11) is -4.16. The van der Waals surface area contributed by atoms with E-state index in [1.807, 2.05) is 0 Å². The third-order valence-electron chi connectivity index (χ3n) is 3.11. The lowest BCUT2D eigenvalue weighted by Crippen LogP contribution is -2.32. The number of sulfonamides is 1. The van der Waals surface area contributed by atoms with E-state index >= 15 is 0 Å². The second kappa shape index (κ2) is 7.97. The van der Waals surface area contributed by atoms with Crippen LogP contribution in [0.25, 0.3) is 0 Å². The lowest BCUT2D eigenvalue weighted by molar-refractivity contribution is -0.0340. The van der Waals surface area contributed by atoms with Crippen LogP contribution in [0.5, 0.6) is 0 Å². The van der Waals surface area contributed by atoms with Crippen LogP contribution in [0.3, 0.4) is 0 Å². The minimum atomic E-state index is -4.16. The largest absolute Gasteiger partial charge is 0.612 e. The van der Waals surface area contributed by atoms with Crippen LogP contribution in [0.1, 0.15) is 12.8 Å². The SMILES string of the molecule is C[S+]([O-])c1ccccc1S(=O)(=O)NOC(=O)OC1CCOCC1. The van der Waals surface area contributed by atoms with E-state index in [0.717, 1.165) is 0 Å². The van der Waals surface area contributed by atoms with Crippen molar-refractivity contribution in [2.24, 2.45) is 0 Å². The molecule has 1 aliphatic rings. The van der Waals surface area contributed by atoms with Gasteiger partial charge in [0.25, 0.3) is 10.0 Å². The summed E-state index contributed by atoms with van der Waals surface area (Å²) >= 11 is -1.51. The Labute approximate surface area is 137 Å². The molecule has 1 N–H and O–H groups in total.